The van der Waals surface area contributed by atoms with E-state index < -0.39 is 0 Å². The SMILES string of the molecule is C[C@@H](OCC1CC1)C(=O)N(C)CCc1ccncc1. The minimum Gasteiger partial charge on any atom is -0.368 e. The van der Waals surface area contributed by atoms with Gasteiger partial charge in [-0.25, -0.2) is 0 Å². The van der Waals surface area contributed by atoms with Gasteiger partial charge in [0.25, 0.3) is 5.91 Å². The molecule has 0 aromatic carbocycles. The van der Waals surface area contributed by atoms with Crippen molar-refractivity contribution in [2.24, 2.45) is 5.92 Å². The van der Waals surface area contributed by atoms with Gasteiger partial charge in [0.1, 0.15) is 6.10 Å². The van der Waals surface area contributed by atoms with Crippen LogP contribution in [0.5, 0.6) is 0 Å². The number of rotatable bonds is 7. The molecule has 0 saturated heterocycles. The largest absolute Gasteiger partial charge is 0.368 e. The molecule has 1 aliphatic carbocycles. The van der Waals surface area contributed by atoms with E-state index in [-0.39, 0.29) is 12.0 Å². The summed E-state index contributed by atoms with van der Waals surface area (Å²) in [5.74, 6) is 0.757. The van der Waals surface area contributed by atoms with Gasteiger partial charge in [-0.1, -0.05) is 0 Å². The fraction of sp³-hybridized carbons (Fsp3) is 0.600. The van der Waals surface area contributed by atoms with Gasteiger partial charge in [0.05, 0.1) is 6.61 Å². The Morgan fingerprint density at radius 1 is 1.47 bits per heavy atom. The second kappa shape index (κ2) is 6.66. The second-order valence-electron chi connectivity index (χ2n) is 5.28. The first-order valence-electron chi connectivity index (χ1n) is 6.92. The number of aromatic nitrogens is 1. The lowest BCUT2D eigenvalue weighted by atomic mass is 10.2. The number of likely N-dealkylation sites (N-methyl/N-ethyl adjacent to an activating group) is 1. The zero-order valence-electron chi connectivity index (χ0n) is 11.7. The number of amides is 1. The predicted octanol–water partition coefficient (Wildman–Crippen LogP) is 1.90. The van der Waals surface area contributed by atoms with Crippen LogP contribution in [0.3, 0.4) is 0 Å². The van der Waals surface area contributed by atoms with E-state index in [0.717, 1.165) is 13.0 Å². The van der Waals surface area contributed by atoms with E-state index in [9.17, 15) is 4.79 Å². The Bertz CT molecular complexity index is 404. The zero-order valence-corrected chi connectivity index (χ0v) is 11.7. The van der Waals surface area contributed by atoms with Gasteiger partial charge in [-0.15, -0.1) is 0 Å². The van der Waals surface area contributed by atoms with Gasteiger partial charge in [0.15, 0.2) is 0 Å². The molecule has 1 amide bonds. The zero-order chi connectivity index (χ0) is 13.7. The van der Waals surface area contributed by atoms with Crippen molar-refractivity contribution in [2.45, 2.75) is 32.3 Å². The van der Waals surface area contributed by atoms with Gasteiger partial charge >= 0.3 is 0 Å². The molecule has 1 heterocycles. The van der Waals surface area contributed by atoms with E-state index in [1.54, 1.807) is 17.3 Å². The maximum absolute atomic E-state index is 12.1. The molecule has 2 rings (SSSR count). The highest BCUT2D eigenvalue weighted by molar-refractivity contribution is 5.80. The minimum absolute atomic E-state index is 0.0645. The molecule has 0 bridgehead atoms. The highest BCUT2D eigenvalue weighted by Crippen LogP contribution is 2.29. The molecule has 1 aromatic heterocycles. The van der Waals surface area contributed by atoms with Crippen LogP contribution in [-0.4, -0.2) is 42.1 Å². The first-order valence-corrected chi connectivity index (χ1v) is 6.92. The Kier molecular flexibility index (Phi) is 4.91. The monoisotopic (exact) mass is 262 g/mol. The minimum atomic E-state index is -0.331. The van der Waals surface area contributed by atoms with Crippen molar-refractivity contribution in [1.82, 2.24) is 9.88 Å². The smallest absolute Gasteiger partial charge is 0.251 e. The van der Waals surface area contributed by atoms with Crippen molar-refractivity contribution in [1.29, 1.82) is 0 Å². The van der Waals surface area contributed by atoms with Crippen LogP contribution in [0.15, 0.2) is 24.5 Å². The van der Waals surface area contributed by atoms with Crippen LogP contribution in [0, 0.1) is 5.92 Å². The standard InChI is InChI=1S/C15H22N2O2/c1-12(19-11-14-3-4-14)15(18)17(2)10-7-13-5-8-16-9-6-13/h5-6,8-9,12,14H,3-4,7,10-11H2,1-2H3/t12-/m1/s1. The molecule has 0 unspecified atom stereocenters. The summed E-state index contributed by atoms with van der Waals surface area (Å²) in [5.41, 5.74) is 1.20. The van der Waals surface area contributed by atoms with Crippen molar-refractivity contribution < 1.29 is 9.53 Å². The van der Waals surface area contributed by atoms with Crippen molar-refractivity contribution in [3.63, 3.8) is 0 Å². The summed E-state index contributed by atoms with van der Waals surface area (Å²) in [4.78, 5) is 17.8. The molecule has 1 aromatic rings. The number of pyridine rings is 1. The van der Waals surface area contributed by atoms with Gasteiger partial charge in [-0.05, 0) is 49.8 Å². The van der Waals surface area contributed by atoms with Gasteiger partial charge < -0.3 is 9.64 Å². The highest BCUT2D eigenvalue weighted by Gasteiger charge is 2.25. The molecular weight excluding hydrogens is 240 g/mol. The van der Waals surface area contributed by atoms with Gasteiger partial charge in [0.2, 0.25) is 0 Å². The quantitative estimate of drug-likeness (QED) is 0.753. The van der Waals surface area contributed by atoms with E-state index in [4.69, 9.17) is 4.74 Å². The Morgan fingerprint density at radius 3 is 2.79 bits per heavy atom. The van der Waals surface area contributed by atoms with E-state index in [0.29, 0.717) is 12.5 Å². The average molecular weight is 262 g/mol. The van der Waals surface area contributed by atoms with Crippen molar-refractivity contribution in [3.05, 3.63) is 30.1 Å². The lowest BCUT2D eigenvalue weighted by Gasteiger charge is -2.21. The number of carbonyl (C=O) groups is 1. The molecular formula is C15H22N2O2. The number of nitrogens with zero attached hydrogens (tertiary/aromatic N) is 2. The molecule has 1 saturated carbocycles. The summed E-state index contributed by atoms with van der Waals surface area (Å²) in [6.45, 7) is 3.28. The Hall–Kier alpha value is -1.42. The normalized spacial score (nSPS) is 16.1. The van der Waals surface area contributed by atoms with E-state index in [1.165, 1.54) is 18.4 Å². The molecule has 0 aliphatic heterocycles. The molecule has 4 nitrogen and oxygen atoms in total. The summed E-state index contributed by atoms with van der Waals surface area (Å²) >= 11 is 0. The Labute approximate surface area is 114 Å². The topological polar surface area (TPSA) is 42.4 Å². The molecule has 1 fully saturated rings. The van der Waals surface area contributed by atoms with E-state index in [2.05, 4.69) is 4.98 Å². The van der Waals surface area contributed by atoms with Gasteiger partial charge in [-0.2, -0.15) is 0 Å². The van der Waals surface area contributed by atoms with Crippen LogP contribution in [0.4, 0.5) is 0 Å². The molecule has 0 radical (unpaired) electrons. The molecule has 19 heavy (non-hydrogen) atoms. The maximum Gasteiger partial charge on any atom is 0.251 e. The van der Waals surface area contributed by atoms with Crippen LogP contribution in [0.25, 0.3) is 0 Å². The third-order valence-corrected chi connectivity index (χ3v) is 3.49. The highest BCUT2D eigenvalue weighted by atomic mass is 16.5. The first-order chi connectivity index (χ1) is 9.16. The van der Waals surface area contributed by atoms with Crippen LogP contribution < -0.4 is 0 Å². The summed E-state index contributed by atoms with van der Waals surface area (Å²) < 4.78 is 5.60. The Balaban J connectivity index is 1.71. The van der Waals surface area contributed by atoms with Crippen molar-refractivity contribution in [3.8, 4) is 0 Å². The number of carbonyl (C=O) groups excluding carboxylic acids is 1. The van der Waals surface area contributed by atoms with Crippen LogP contribution in [0.1, 0.15) is 25.3 Å². The maximum atomic E-state index is 12.1. The van der Waals surface area contributed by atoms with Crippen LogP contribution >= 0.6 is 0 Å². The third kappa shape index (κ3) is 4.63. The average Bonchev–Trinajstić information content (AvgIpc) is 3.26. The fourth-order valence-corrected chi connectivity index (χ4v) is 1.90. The molecule has 4 heteroatoms. The number of hydrogen-bond donors (Lipinski definition) is 0. The van der Waals surface area contributed by atoms with Crippen molar-refractivity contribution in [2.75, 3.05) is 20.2 Å². The number of hydrogen-bond acceptors (Lipinski definition) is 3. The van der Waals surface area contributed by atoms with E-state index in [1.807, 2.05) is 26.1 Å². The summed E-state index contributed by atoms with van der Waals surface area (Å²) in [6, 6.07) is 3.96. The van der Waals surface area contributed by atoms with E-state index >= 15 is 0 Å². The molecule has 0 N–H and O–H groups in total. The lowest BCUT2D eigenvalue weighted by molar-refractivity contribution is -0.141. The van der Waals surface area contributed by atoms with Crippen LogP contribution in [0.2, 0.25) is 0 Å². The summed E-state index contributed by atoms with van der Waals surface area (Å²) in [5, 5.41) is 0. The van der Waals surface area contributed by atoms with Gasteiger partial charge in [0, 0.05) is 26.0 Å². The molecule has 0 spiro atoms. The molecule has 104 valence electrons. The lowest BCUT2D eigenvalue weighted by Crippen LogP contribution is -2.37. The second-order valence-corrected chi connectivity index (χ2v) is 5.28. The van der Waals surface area contributed by atoms with Crippen molar-refractivity contribution >= 4 is 5.91 Å². The fourth-order valence-electron chi connectivity index (χ4n) is 1.90. The number of ether oxygens (including phenoxy) is 1. The summed E-state index contributed by atoms with van der Waals surface area (Å²) in [6.07, 6.45) is 6.57. The summed E-state index contributed by atoms with van der Waals surface area (Å²) in [7, 11) is 1.83. The molecule has 1 atom stereocenters. The third-order valence-electron chi connectivity index (χ3n) is 3.49. The molecule has 1 aliphatic rings. The Morgan fingerprint density at radius 2 is 2.16 bits per heavy atom. The van der Waals surface area contributed by atoms with Gasteiger partial charge in [-0.3, -0.25) is 9.78 Å². The predicted molar refractivity (Wildman–Crippen MR) is 73.7 cm³/mol. The van der Waals surface area contributed by atoms with Crippen LogP contribution in [-0.2, 0) is 16.0 Å². The first kappa shape index (κ1) is 14.0.